The summed E-state index contributed by atoms with van der Waals surface area (Å²) in [6.45, 7) is 8.70. The number of carbonyl (C=O) groups excluding carboxylic acids is 1. The average Bonchev–Trinajstić information content (AvgIpc) is 2.47. The first-order valence-corrected chi connectivity index (χ1v) is 8.69. The van der Waals surface area contributed by atoms with Crippen molar-refractivity contribution in [2.24, 2.45) is 5.73 Å². The maximum absolute atomic E-state index is 11.5. The van der Waals surface area contributed by atoms with Gasteiger partial charge < -0.3 is 15.8 Å². The van der Waals surface area contributed by atoms with Crippen molar-refractivity contribution in [1.29, 1.82) is 0 Å². The number of carbonyl (C=O) groups is 1. The molecule has 3 N–H and O–H groups in total. The highest BCUT2D eigenvalue weighted by Crippen LogP contribution is 2.14. The lowest BCUT2D eigenvalue weighted by atomic mass is 9.94. The third-order valence-corrected chi connectivity index (χ3v) is 3.92. The Labute approximate surface area is 131 Å². The van der Waals surface area contributed by atoms with Gasteiger partial charge in [-0.25, -0.2) is 0 Å². The Kier molecular flexibility index (Phi) is 12.7. The number of ether oxygens (including phenoxy) is 1. The third kappa shape index (κ3) is 10.7. The molecule has 0 aliphatic heterocycles. The number of hydrogen-bond donors (Lipinski definition) is 2. The van der Waals surface area contributed by atoms with E-state index in [-0.39, 0.29) is 5.91 Å². The summed E-state index contributed by atoms with van der Waals surface area (Å²) in [7, 11) is 0. The van der Waals surface area contributed by atoms with Crippen LogP contribution in [-0.2, 0) is 9.53 Å². The molecule has 0 spiro atoms. The van der Waals surface area contributed by atoms with Gasteiger partial charge in [0.05, 0.1) is 5.54 Å². The highest BCUT2D eigenvalue weighted by molar-refractivity contribution is 5.84. The maximum Gasteiger partial charge on any atom is 0.237 e. The van der Waals surface area contributed by atoms with Crippen LogP contribution in [0.1, 0.15) is 78.6 Å². The fourth-order valence-corrected chi connectivity index (χ4v) is 2.29. The SMILES string of the molecule is CCCCCCCOCCCCC(C)(NCCC)C(N)=O. The Bertz CT molecular complexity index is 259. The zero-order valence-corrected chi connectivity index (χ0v) is 14.4. The highest BCUT2D eigenvalue weighted by atomic mass is 16.5. The van der Waals surface area contributed by atoms with Crippen LogP contribution >= 0.6 is 0 Å². The maximum atomic E-state index is 11.5. The minimum absolute atomic E-state index is 0.257. The minimum Gasteiger partial charge on any atom is -0.381 e. The molecule has 0 fully saturated rings. The number of amides is 1. The van der Waals surface area contributed by atoms with E-state index in [2.05, 4.69) is 19.2 Å². The average molecular weight is 300 g/mol. The van der Waals surface area contributed by atoms with Crippen LogP contribution in [0.4, 0.5) is 0 Å². The molecule has 0 aromatic carbocycles. The summed E-state index contributed by atoms with van der Waals surface area (Å²) in [5.41, 5.74) is 4.93. The van der Waals surface area contributed by atoms with Gasteiger partial charge in [-0.15, -0.1) is 0 Å². The summed E-state index contributed by atoms with van der Waals surface area (Å²) in [4.78, 5) is 11.5. The molecule has 4 heteroatoms. The molecule has 4 nitrogen and oxygen atoms in total. The second-order valence-electron chi connectivity index (χ2n) is 6.11. The predicted octanol–water partition coefficient (Wildman–Crippen LogP) is 3.39. The molecule has 21 heavy (non-hydrogen) atoms. The summed E-state index contributed by atoms with van der Waals surface area (Å²) >= 11 is 0. The molecule has 126 valence electrons. The van der Waals surface area contributed by atoms with Crippen molar-refractivity contribution >= 4 is 5.91 Å². The monoisotopic (exact) mass is 300 g/mol. The van der Waals surface area contributed by atoms with Crippen LogP contribution in [0, 0.1) is 0 Å². The fraction of sp³-hybridized carbons (Fsp3) is 0.941. The zero-order valence-electron chi connectivity index (χ0n) is 14.4. The smallest absolute Gasteiger partial charge is 0.237 e. The number of nitrogens with one attached hydrogen (secondary N) is 1. The van der Waals surface area contributed by atoms with E-state index in [1.807, 2.05) is 6.92 Å². The Morgan fingerprint density at radius 2 is 1.62 bits per heavy atom. The normalized spacial score (nSPS) is 14.0. The summed E-state index contributed by atoms with van der Waals surface area (Å²) in [6.07, 6.45) is 10.1. The van der Waals surface area contributed by atoms with Crippen molar-refractivity contribution in [1.82, 2.24) is 5.32 Å². The summed E-state index contributed by atoms with van der Waals surface area (Å²) in [5.74, 6) is -0.257. The van der Waals surface area contributed by atoms with E-state index >= 15 is 0 Å². The van der Waals surface area contributed by atoms with Crippen LogP contribution < -0.4 is 11.1 Å². The van der Waals surface area contributed by atoms with Gasteiger partial charge in [0.15, 0.2) is 0 Å². The first-order chi connectivity index (χ1) is 10.1. The van der Waals surface area contributed by atoms with Crippen LogP contribution in [-0.4, -0.2) is 31.2 Å². The van der Waals surface area contributed by atoms with Crippen molar-refractivity contribution < 1.29 is 9.53 Å². The van der Waals surface area contributed by atoms with Gasteiger partial charge in [0.2, 0.25) is 5.91 Å². The van der Waals surface area contributed by atoms with Gasteiger partial charge >= 0.3 is 0 Å². The van der Waals surface area contributed by atoms with Gasteiger partial charge in [-0.05, 0) is 45.6 Å². The van der Waals surface area contributed by atoms with Crippen LogP contribution in [0.2, 0.25) is 0 Å². The van der Waals surface area contributed by atoms with Crippen molar-refractivity contribution in [3.05, 3.63) is 0 Å². The Balaban J connectivity index is 3.56. The molecule has 0 aliphatic carbocycles. The van der Waals surface area contributed by atoms with E-state index in [0.717, 1.165) is 51.9 Å². The van der Waals surface area contributed by atoms with E-state index in [1.54, 1.807) is 0 Å². The standard InChI is InChI=1S/C17H36N2O2/c1-4-6-7-8-10-14-21-15-11-9-12-17(3,16(18)20)19-13-5-2/h19H,4-15H2,1-3H3,(H2,18,20). The van der Waals surface area contributed by atoms with Gasteiger partial charge in [0, 0.05) is 13.2 Å². The van der Waals surface area contributed by atoms with Crippen molar-refractivity contribution in [3.8, 4) is 0 Å². The van der Waals surface area contributed by atoms with E-state index in [0.29, 0.717) is 0 Å². The van der Waals surface area contributed by atoms with E-state index in [1.165, 1.54) is 25.7 Å². The molecule has 1 unspecified atom stereocenters. The van der Waals surface area contributed by atoms with Crippen molar-refractivity contribution in [2.45, 2.75) is 84.1 Å². The Morgan fingerprint density at radius 1 is 1.00 bits per heavy atom. The van der Waals surface area contributed by atoms with Crippen molar-refractivity contribution in [3.63, 3.8) is 0 Å². The lowest BCUT2D eigenvalue weighted by Gasteiger charge is -2.27. The molecule has 0 saturated heterocycles. The van der Waals surface area contributed by atoms with Gasteiger partial charge in [0.25, 0.3) is 0 Å². The predicted molar refractivity (Wildman–Crippen MR) is 89.3 cm³/mol. The Morgan fingerprint density at radius 3 is 2.19 bits per heavy atom. The number of unbranched alkanes of at least 4 members (excludes halogenated alkanes) is 5. The quantitative estimate of drug-likeness (QED) is 0.456. The van der Waals surface area contributed by atoms with E-state index in [4.69, 9.17) is 10.5 Å². The largest absolute Gasteiger partial charge is 0.381 e. The molecule has 0 radical (unpaired) electrons. The fourth-order valence-electron chi connectivity index (χ4n) is 2.29. The molecule has 0 saturated carbocycles. The van der Waals surface area contributed by atoms with E-state index in [9.17, 15) is 4.79 Å². The first-order valence-electron chi connectivity index (χ1n) is 8.69. The van der Waals surface area contributed by atoms with Crippen LogP contribution in [0.3, 0.4) is 0 Å². The molecule has 0 bridgehead atoms. The molecular formula is C17H36N2O2. The number of nitrogens with two attached hydrogens (primary N) is 1. The lowest BCUT2D eigenvalue weighted by molar-refractivity contribution is -0.124. The molecule has 0 aromatic rings. The topological polar surface area (TPSA) is 64.3 Å². The zero-order chi connectivity index (χ0) is 16.0. The highest BCUT2D eigenvalue weighted by Gasteiger charge is 2.29. The number of primary amides is 1. The van der Waals surface area contributed by atoms with Crippen LogP contribution in [0.5, 0.6) is 0 Å². The van der Waals surface area contributed by atoms with Crippen LogP contribution in [0.25, 0.3) is 0 Å². The van der Waals surface area contributed by atoms with Crippen molar-refractivity contribution in [2.75, 3.05) is 19.8 Å². The summed E-state index contributed by atoms with van der Waals surface area (Å²) in [5, 5.41) is 3.26. The summed E-state index contributed by atoms with van der Waals surface area (Å²) in [6, 6.07) is 0. The third-order valence-electron chi connectivity index (χ3n) is 3.92. The molecule has 0 aromatic heterocycles. The Hall–Kier alpha value is -0.610. The second-order valence-corrected chi connectivity index (χ2v) is 6.11. The molecule has 0 heterocycles. The lowest BCUT2D eigenvalue weighted by Crippen LogP contribution is -2.53. The number of hydrogen-bond acceptors (Lipinski definition) is 3. The summed E-state index contributed by atoms with van der Waals surface area (Å²) < 4.78 is 5.63. The second kappa shape index (κ2) is 13.1. The number of rotatable bonds is 15. The van der Waals surface area contributed by atoms with Gasteiger partial charge in [-0.1, -0.05) is 39.5 Å². The van der Waals surface area contributed by atoms with E-state index < -0.39 is 5.54 Å². The minimum atomic E-state index is -0.573. The first kappa shape index (κ1) is 20.4. The molecule has 0 aliphatic rings. The molecule has 1 amide bonds. The molecule has 1 atom stereocenters. The van der Waals surface area contributed by atoms with Gasteiger partial charge in [0.1, 0.15) is 0 Å². The van der Waals surface area contributed by atoms with Gasteiger partial charge in [-0.3, -0.25) is 4.79 Å². The van der Waals surface area contributed by atoms with Crippen LogP contribution in [0.15, 0.2) is 0 Å². The van der Waals surface area contributed by atoms with Gasteiger partial charge in [-0.2, -0.15) is 0 Å². The molecule has 0 rings (SSSR count). The molecular weight excluding hydrogens is 264 g/mol.